The Morgan fingerprint density at radius 2 is 1.76 bits per heavy atom. The minimum absolute atomic E-state index is 0.181. The number of carboxylic acids is 1. The molecule has 0 aromatic heterocycles. The van der Waals surface area contributed by atoms with Gasteiger partial charge in [0, 0.05) is 6.54 Å². The van der Waals surface area contributed by atoms with E-state index in [0.717, 1.165) is 25.7 Å². The van der Waals surface area contributed by atoms with Gasteiger partial charge in [-0.3, -0.25) is 9.59 Å². The number of ether oxygens (including phenoxy) is 1. The first-order valence-electron chi connectivity index (χ1n) is 8.99. The molecule has 0 aliphatic heterocycles. The molecule has 2 N–H and O–H groups in total. The molecule has 144 valence electrons. The van der Waals surface area contributed by atoms with Crippen LogP contribution in [0, 0.1) is 11.8 Å². The van der Waals surface area contributed by atoms with E-state index in [0.29, 0.717) is 12.5 Å². The van der Waals surface area contributed by atoms with Crippen molar-refractivity contribution in [1.82, 2.24) is 10.2 Å². The van der Waals surface area contributed by atoms with Gasteiger partial charge in [-0.25, -0.2) is 4.79 Å². The molecule has 1 aliphatic carbocycles. The third-order valence-electron chi connectivity index (χ3n) is 4.20. The quantitative estimate of drug-likeness (QED) is 0.731. The zero-order chi connectivity index (χ0) is 19.2. The van der Waals surface area contributed by atoms with Crippen molar-refractivity contribution >= 4 is 18.0 Å². The molecule has 1 unspecified atom stereocenters. The van der Waals surface area contributed by atoms with Gasteiger partial charge in [-0.2, -0.15) is 0 Å². The molecule has 0 radical (unpaired) electrons. The second-order valence-corrected chi connectivity index (χ2v) is 8.13. The number of carbonyl (C=O) groups is 3. The van der Waals surface area contributed by atoms with Gasteiger partial charge in [0.15, 0.2) is 0 Å². The fraction of sp³-hybridized carbons (Fsp3) is 0.833. The van der Waals surface area contributed by atoms with Crippen LogP contribution in [0.1, 0.15) is 60.3 Å². The van der Waals surface area contributed by atoms with E-state index in [-0.39, 0.29) is 18.4 Å². The summed E-state index contributed by atoms with van der Waals surface area (Å²) in [6.45, 7) is 8.93. The smallest absolute Gasteiger partial charge is 0.408 e. The zero-order valence-electron chi connectivity index (χ0n) is 16.0. The van der Waals surface area contributed by atoms with Crippen LogP contribution in [0.4, 0.5) is 4.79 Å². The molecule has 1 aliphatic rings. The molecule has 0 aromatic carbocycles. The highest BCUT2D eigenvalue weighted by molar-refractivity contribution is 5.88. The van der Waals surface area contributed by atoms with Crippen LogP contribution in [0.15, 0.2) is 0 Å². The van der Waals surface area contributed by atoms with E-state index in [4.69, 9.17) is 9.84 Å². The van der Waals surface area contributed by atoms with Crippen molar-refractivity contribution < 1.29 is 24.2 Å². The average molecular weight is 356 g/mol. The minimum Gasteiger partial charge on any atom is -0.480 e. The number of aliphatic carboxylic acids is 1. The highest BCUT2D eigenvalue weighted by Crippen LogP contribution is 2.26. The lowest BCUT2D eigenvalue weighted by atomic mass is 10.0. The largest absolute Gasteiger partial charge is 0.480 e. The van der Waals surface area contributed by atoms with Crippen molar-refractivity contribution in [1.29, 1.82) is 0 Å². The van der Waals surface area contributed by atoms with Crippen molar-refractivity contribution in [3.05, 3.63) is 0 Å². The molecule has 1 atom stereocenters. The molecule has 1 saturated carbocycles. The van der Waals surface area contributed by atoms with Gasteiger partial charge in [0.1, 0.15) is 18.2 Å². The van der Waals surface area contributed by atoms with Crippen LogP contribution in [0.5, 0.6) is 0 Å². The Morgan fingerprint density at radius 3 is 2.20 bits per heavy atom. The third kappa shape index (κ3) is 7.75. The highest BCUT2D eigenvalue weighted by atomic mass is 16.6. The van der Waals surface area contributed by atoms with E-state index in [1.807, 2.05) is 13.8 Å². The highest BCUT2D eigenvalue weighted by Gasteiger charge is 2.32. The van der Waals surface area contributed by atoms with Crippen molar-refractivity contribution in [2.24, 2.45) is 11.8 Å². The first-order valence-corrected chi connectivity index (χ1v) is 8.99. The Bertz CT molecular complexity index is 478. The van der Waals surface area contributed by atoms with Crippen LogP contribution in [0.25, 0.3) is 0 Å². The van der Waals surface area contributed by atoms with Gasteiger partial charge < -0.3 is 20.1 Å². The number of carboxylic acid groups (broad SMARTS) is 1. The number of carbonyl (C=O) groups excluding carboxylic acids is 2. The van der Waals surface area contributed by atoms with Gasteiger partial charge >= 0.3 is 12.1 Å². The Hall–Kier alpha value is -1.79. The van der Waals surface area contributed by atoms with Gasteiger partial charge in [0.05, 0.1) is 0 Å². The van der Waals surface area contributed by atoms with E-state index in [2.05, 4.69) is 5.32 Å². The SMILES string of the molecule is CC(C)C(NC(=O)OC(C)(C)C)C(=O)N(CC(=O)O)CC1CCCC1. The van der Waals surface area contributed by atoms with Crippen molar-refractivity contribution in [2.45, 2.75) is 71.9 Å². The van der Waals surface area contributed by atoms with E-state index < -0.39 is 23.7 Å². The van der Waals surface area contributed by atoms with E-state index in [9.17, 15) is 14.4 Å². The average Bonchev–Trinajstić information content (AvgIpc) is 2.93. The van der Waals surface area contributed by atoms with Crippen molar-refractivity contribution in [3.63, 3.8) is 0 Å². The van der Waals surface area contributed by atoms with Gasteiger partial charge in [0.25, 0.3) is 0 Å². The standard InChI is InChI=1S/C18H32N2O5/c1-12(2)15(19-17(24)25-18(3,4)5)16(23)20(11-14(21)22)10-13-8-6-7-9-13/h12-13,15H,6-11H2,1-5H3,(H,19,24)(H,21,22). The number of nitrogens with one attached hydrogen (secondary N) is 1. The molecule has 1 rings (SSSR count). The maximum Gasteiger partial charge on any atom is 0.408 e. The Kier molecular flexibility index (Phi) is 7.70. The molecular formula is C18H32N2O5. The lowest BCUT2D eigenvalue weighted by molar-refractivity contribution is -0.146. The van der Waals surface area contributed by atoms with E-state index in [1.54, 1.807) is 20.8 Å². The fourth-order valence-electron chi connectivity index (χ4n) is 3.05. The van der Waals surface area contributed by atoms with Gasteiger partial charge in [-0.15, -0.1) is 0 Å². The number of alkyl carbamates (subject to hydrolysis) is 1. The molecule has 0 aromatic rings. The van der Waals surface area contributed by atoms with E-state index in [1.165, 1.54) is 4.90 Å². The van der Waals surface area contributed by atoms with Crippen LogP contribution in [0.2, 0.25) is 0 Å². The first kappa shape index (κ1) is 21.3. The molecule has 0 bridgehead atoms. The summed E-state index contributed by atoms with van der Waals surface area (Å²) in [7, 11) is 0. The topological polar surface area (TPSA) is 95.9 Å². The Morgan fingerprint density at radius 1 is 1.20 bits per heavy atom. The first-order chi connectivity index (χ1) is 11.5. The van der Waals surface area contributed by atoms with Gasteiger partial charge in [-0.05, 0) is 45.4 Å². The predicted octanol–water partition coefficient (Wildman–Crippen LogP) is 2.64. The van der Waals surface area contributed by atoms with Crippen LogP contribution in [0.3, 0.4) is 0 Å². The summed E-state index contributed by atoms with van der Waals surface area (Å²) in [6, 6.07) is -0.810. The summed E-state index contributed by atoms with van der Waals surface area (Å²) in [4.78, 5) is 37.5. The van der Waals surface area contributed by atoms with Gasteiger partial charge in [-0.1, -0.05) is 26.7 Å². The number of nitrogens with zero attached hydrogens (tertiary/aromatic N) is 1. The lowest BCUT2D eigenvalue weighted by Crippen LogP contribution is -2.53. The summed E-state index contributed by atoms with van der Waals surface area (Å²) >= 11 is 0. The number of hydrogen-bond donors (Lipinski definition) is 2. The number of amides is 2. The fourth-order valence-corrected chi connectivity index (χ4v) is 3.05. The molecule has 2 amide bonds. The molecule has 0 spiro atoms. The molecule has 0 saturated heterocycles. The normalized spacial score (nSPS) is 16.6. The molecule has 7 heteroatoms. The summed E-state index contributed by atoms with van der Waals surface area (Å²) in [5, 5.41) is 11.8. The van der Waals surface area contributed by atoms with Crippen molar-refractivity contribution in [3.8, 4) is 0 Å². The second kappa shape index (κ2) is 9.06. The van der Waals surface area contributed by atoms with E-state index >= 15 is 0 Å². The third-order valence-corrected chi connectivity index (χ3v) is 4.20. The monoisotopic (exact) mass is 356 g/mol. The maximum atomic E-state index is 12.9. The summed E-state index contributed by atoms with van der Waals surface area (Å²) < 4.78 is 5.23. The molecule has 0 heterocycles. The minimum atomic E-state index is -1.05. The molecule has 1 fully saturated rings. The number of hydrogen-bond acceptors (Lipinski definition) is 4. The van der Waals surface area contributed by atoms with Crippen LogP contribution < -0.4 is 5.32 Å². The molecule has 25 heavy (non-hydrogen) atoms. The Labute approximate surface area is 150 Å². The van der Waals surface area contributed by atoms with Crippen LogP contribution in [-0.2, 0) is 14.3 Å². The number of rotatable bonds is 7. The second-order valence-electron chi connectivity index (χ2n) is 8.13. The van der Waals surface area contributed by atoms with Crippen molar-refractivity contribution in [2.75, 3.05) is 13.1 Å². The zero-order valence-corrected chi connectivity index (χ0v) is 16.0. The lowest BCUT2D eigenvalue weighted by Gasteiger charge is -2.31. The Balaban J connectivity index is 2.83. The summed E-state index contributed by atoms with van der Waals surface area (Å²) in [5.74, 6) is -1.26. The summed E-state index contributed by atoms with van der Waals surface area (Å²) in [6.07, 6.45) is 3.58. The predicted molar refractivity (Wildman–Crippen MR) is 94.2 cm³/mol. The summed E-state index contributed by atoms with van der Waals surface area (Å²) in [5.41, 5.74) is -0.667. The maximum absolute atomic E-state index is 12.9. The van der Waals surface area contributed by atoms with Gasteiger partial charge in [0.2, 0.25) is 5.91 Å². The van der Waals surface area contributed by atoms with Crippen LogP contribution >= 0.6 is 0 Å². The molecular weight excluding hydrogens is 324 g/mol. The van der Waals surface area contributed by atoms with Crippen LogP contribution in [-0.4, -0.2) is 52.7 Å². The molecule has 7 nitrogen and oxygen atoms in total.